The van der Waals surface area contributed by atoms with Gasteiger partial charge in [0.1, 0.15) is 10.5 Å². The van der Waals surface area contributed by atoms with Gasteiger partial charge in [-0.1, -0.05) is 60.7 Å². The highest BCUT2D eigenvalue weighted by molar-refractivity contribution is 7.21. The summed E-state index contributed by atoms with van der Waals surface area (Å²) in [6, 6.07) is 62.9. The summed E-state index contributed by atoms with van der Waals surface area (Å²) in [5.41, 5.74) is 11.0. The summed E-state index contributed by atoms with van der Waals surface area (Å²) in [6.45, 7) is 0. The number of anilines is 6. The molecule has 0 aliphatic carbocycles. The molecule has 0 N–H and O–H groups in total. The van der Waals surface area contributed by atoms with Crippen LogP contribution in [-0.2, 0) is 0 Å². The Morgan fingerprint density at radius 2 is 0.820 bits per heavy atom. The van der Waals surface area contributed by atoms with Crippen LogP contribution in [0.3, 0.4) is 0 Å². The molecule has 0 bridgehead atoms. The van der Waals surface area contributed by atoms with Crippen LogP contribution in [0.15, 0.2) is 186 Å². The van der Waals surface area contributed by atoms with Crippen molar-refractivity contribution < 1.29 is 4.42 Å². The molecule has 238 valence electrons. The SMILES string of the molecule is c1ccc(N(c2ccccc2)c2ccc(N(c3ccc(-c4nc5ccccc5o4)cc3)c3ccc(-c4nc5ccccc5s4)cc3)cc2)cc1. The number of nitrogens with zero attached hydrogens (tertiary/aromatic N) is 4. The van der Waals surface area contributed by atoms with Crippen LogP contribution in [0.5, 0.6) is 0 Å². The normalized spacial score (nSPS) is 11.2. The number of benzene rings is 7. The third-order valence-electron chi connectivity index (χ3n) is 8.73. The van der Waals surface area contributed by atoms with Crippen LogP contribution >= 0.6 is 11.3 Å². The van der Waals surface area contributed by atoms with Crippen molar-refractivity contribution in [2.24, 2.45) is 0 Å². The second-order valence-electron chi connectivity index (χ2n) is 11.9. The van der Waals surface area contributed by atoms with Crippen molar-refractivity contribution in [2.45, 2.75) is 0 Å². The summed E-state index contributed by atoms with van der Waals surface area (Å²) in [7, 11) is 0. The zero-order chi connectivity index (χ0) is 33.3. The summed E-state index contributed by atoms with van der Waals surface area (Å²) < 4.78 is 7.26. The molecule has 2 heterocycles. The van der Waals surface area contributed by atoms with Crippen molar-refractivity contribution in [1.29, 1.82) is 0 Å². The number of oxazole rings is 1. The number of hydrogen-bond acceptors (Lipinski definition) is 6. The summed E-state index contributed by atoms with van der Waals surface area (Å²) >= 11 is 1.71. The van der Waals surface area contributed by atoms with Gasteiger partial charge in [0.15, 0.2) is 5.58 Å². The second-order valence-corrected chi connectivity index (χ2v) is 13.0. The predicted molar refractivity (Wildman–Crippen MR) is 207 cm³/mol. The molecule has 0 fully saturated rings. The lowest BCUT2D eigenvalue weighted by Crippen LogP contribution is -2.12. The van der Waals surface area contributed by atoms with Crippen molar-refractivity contribution in [3.05, 3.63) is 182 Å². The van der Waals surface area contributed by atoms with E-state index in [1.54, 1.807) is 11.3 Å². The van der Waals surface area contributed by atoms with E-state index in [-0.39, 0.29) is 0 Å². The average Bonchev–Trinajstić information content (AvgIpc) is 3.82. The molecule has 0 saturated carbocycles. The highest BCUT2D eigenvalue weighted by Crippen LogP contribution is 2.40. The molecule has 0 aliphatic heterocycles. The first-order chi connectivity index (χ1) is 24.8. The number of rotatable bonds is 8. The Hall–Kier alpha value is -6.50. The Morgan fingerprint density at radius 1 is 0.380 bits per heavy atom. The Balaban J connectivity index is 1.10. The molecule has 0 amide bonds. The smallest absolute Gasteiger partial charge is 0.227 e. The van der Waals surface area contributed by atoms with Crippen molar-refractivity contribution >= 4 is 66.8 Å². The fourth-order valence-electron chi connectivity index (χ4n) is 6.30. The topological polar surface area (TPSA) is 45.4 Å². The van der Waals surface area contributed by atoms with Gasteiger partial charge in [-0.25, -0.2) is 9.97 Å². The lowest BCUT2D eigenvalue weighted by Gasteiger charge is -2.28. The zero-order valence-electron chi connectivity index (χ0n) is 26.9. The van der Waals surface area contributed by atoms with E-state index in [0.29, 0.717) is 5.89 Å². The minimum atomic E-state index is 0.607. The highest BCUT2D eigenvalue weighted by atomic mass is 32.1. The maximum atomic E-state index is 6.07. The summed E-state index contributed by atoms with van der Waals surface area (Å²) in [5, 5.41) is 1.01. The van der Waals surface area contributed by atoms with Crippen LogP contribution < -0.4 is 9.80 Å². The van der Waals surface area contributed by atoms with Crippen LogP contribution in [0, 0.1) is 0 Å². The zero-order valence-corrected chi connectivity index (χ0v) is 27.7. The molecule has 5 nitrogen and oxygen atoms in total. The molecule has 0 saturated heterocycles. The number of fused-ring (bicyclic) bond motifs is 2. The second kappa shape index (κ2) is 12.8. The Morgan fingerprint density at radius 3 is 1.36 bits per heavy atom. The molecule has 2 aromatic heterocycles. The van der Waals surface area contributed by atoms with Crippen LogP contribution in [0.25, 0.3) is 43.3 Å². The summed E-state index contributed by atoms with van der Waals surface area (Å²) in [4.78, 5) is 14.2. The average molecular weight is 663 g/mol. The van der Waals surface area contributed by atoms with Gasteiger partial charge >= 0.3 is 0 Å². The van der Waals surface area contributed by atoms with Gasteiger partial charge in [0.05, 0.1) is 10.2 Å². The first-order valence-electron chi connectivity index (χ1n) is 16.5. The molecule has 0 spiro atoms. The fourth-order valence-corrected chi connectivity index (χ4v) is 7.27. The van der Waals surface area contributed by atoms with Gasteiger partial charge in [0.2, 0.25) is 5.89 Å². The standard InChI is InChI=1S/C44H30N4OS/c1-3-11-33(12-4-1)47(34-13-5-2-6-14-34)37-27-29-38(30-28-37)48(35-23-19-31(20-24-35)43-45-39-15-7-9-17-41(39)49-43)36-25-21-32(22-26-36)44-46-40-16-8-10-18-42(40)50-44/h1-30H. The quantitative estimate of drug-likeness (QED) is 0.162. The molecule has 0 atom stereocenters. The maximum absolute atomic E-state index is 6.07. The molecule has 0 unspecified atom stereocenters. The van der Waals surface area contributed by atoms with Crippen LogP contribution in [0.2, 0.25) is 0 Å². The largest absolute Gasteiger partial charge is 0.436 e. The van der Waals surface area contributed by atoms with E-state index in [4.69, 9.17) is 14.4 Å². The Kier molecular flexibility index (Phi) is 7.61. The fraction of sp³-hybridized carbons (Fsp3) is 0. The van der Waals surface area contributed by atoms with Crippen molar-refractivity contribution in [3.8, 4) is 22.0 Å². The molecular formula is C44H30N4OS. The summed E-state index contributed by atoms with van der Waals surface area (Å²) in [5.74, 6) is 0.607. The van der Waals surface area contributed by atoms with E-state index in [0.717, 1.165) is 66.9 Å². The van der Waals surface area contributed by atoms with Crippen molar-refractivity contribution in [3.63, 3.8) is 0 Å². The van der Waals surface area contributed by atoms with Crippen LogP contribution in [0.4, 0.5) is 34.1 Å². The van der Waals surface area contributed by atoms with E-state index in [2.05, 4.69) is 149 Å². The van der Waals surface area contributed by atoms with E-state index in [1.165, 1.54) is 4.70 Å². The van der Waals surface area contributed by atoms with Gasteiger partial charge in [-0.2, -0.15) is 0 Å². The molecule has 0 aliphatic rings. The lowest BCUT2D eigenvalue weighted by molar-refractivity contribution is 0.620. The van der Waals surface area contributed by atoms with E-state index in [1.807, 2.05) is 42.5 Å². The van der Waals surface area contributed by atoms with E-state index in [9.17, 15) is 0 Å². The van der Waals surface area contributed by atoms with Gasteiger partial charge in [-0.05, 0) is 121 Å². The Labute approximate surface area is 294 Å². The molecule has 9 rings (SSSR count). The number of hydrogen-bond donors (Lipinski definition) is 0. The third kappa shape index (κ3) is 5.68. The lowest BCUT2D eigenvalue weighted by atomic mass is 10.1. The first kappa shape index (κ1) is 29.6. The van der Waals surface area contributed by atoms with Gasteiger partial charge in [-0.3, -0.25) is 0 Å². The predicted octanol–water partition coefficient (Wildman–Crippen LogP) is 12.7. The van der Waals surface area contributed by atoms with Gasteiger partial charge in [-0.15, -0.1) is 11.3 Å². The maximum Gasteiger partial charge on any atom is 0.227 e. The molecule has 50 heavy (non-hydrogen) atoms. The van der Waals surface area contributed by atoms with Crippen molar-refractivity contribution in [2.75, 3.05) is 9.80 Å². The molecule has 6 heteroatoms. The first-order valence-corrected chi connectivity index (χ1v) is 17.3. The van der Waals surface area contributed by atoms with Gasteiger partial charge < -0.3 is 14.2 Å². The monoisotopic (exact) mass is 662 g/mol. The van der Waals surface area contributed by atoms with Crippen LogP contribution in [0.1, 0.15) is 0 Å². The molecular weight excluding hydrogens is 633 g/mol. The number of aromatic nitrogens is 2. The van der Waals surface area contributed by atoms with Crippen LogP contribution in [-0.4, -0.2) is 9.97 Å². The van der Waals surface area contributed by atoms with E-state index < -0.39 is 0 Å². The minimum absolute atomic E-state index is 0.607. The van der Waals surface area contributed by atoms with Gasteiger partial charge in [0, 0.05) is 45.3 Å². The summed E-state index contributed by atoms with van der Waals surface area (Å²) in [6.07, 6.45) is 0. The number of thiazole rings is 1. The van der Waals surface area contributed by atoms with Crippen molar-refractivity contribution in [1.82, 2.24) is 9.97 Å². The van der Waals surface area contributed by atoms with Gasteiger partial charge in [0.25, 0.3) is 0 Å². The Bertz CT molecular complexity index is 2300. The van der Waals surface area contributed by atoms with E-state index >= 15 is 0 Å². The molecule has 9 aromatic rings. The third-order valence-corrected chi connectivity index (χ3v) is 9.81. The minimum Gasteiger partial charge on any atom is -0.436 e. The highest BCUT2D eigenvalue weighted by Gasteiger charge is 2.17. The number of para-hydroxylation sites is 5. The molecule has 7 aromatic carbocycles. The molecule has 0 radical (unpaired) electrons.